The first-order valence-corrected chi connectivity index (χ1v) is 9.57. The summed E-state index contributed by atoms with van der Waals surface area (Å²) in [5, 5.41) is -0.0631. The Balaban J connectivity index is 1.71. The quantitative estimate of drug-likeness (QED) is 0.772. The van der Waals surface area contributed by atoms with Crippen LogP contribution in [-0.4, -0.2) is 49.9 Å². The molecule has 1 saturated heterocycles. The SMILES string of the molecule is O=S(=O)(C1CC1)C1(c2cc(N3CCOCC3)nc(Cl)n2)CC1. The van der Waals surface area contributed by atoms with Crippen LogP contribution >= 0.6 is 11.6 Å². The maximum Gasteiger partial charge on any atom is 0.224 e. The molecule has 2 saturated carbocycles. The average Bonchev–Trinajstić information content (AvgIpc) is 3.40. The van der Waals surface area contributed by atoms with Gasteiger partial charge in [0, 0.05) is 19.2 Å². The lowest BCUT2D eigenvalue weighted by molar-refractivity contribution is 0.122. The highest BCUT2D eigenvalue weighted by Gasteiger charge is 2.61. The van der Waals surface area contributed by atoms with Crippen molar-refractivity contribution in [2.24, 2.45) is 0 Å². The third-order valence-corrected chi connectivity index (χ3v) is 7.92. The molecule has 2 aliphatic carbocycles. The van der Waals surface area contributed by atoms with Crippen LogP contribution in [0.2, 0.25) is 5.28 Å². The van der Waals surface area contributed by atoms with E-state index in [0.29, 0.717) is 37.6 Å². The highest BCUT2D eigenvalue weighted by molar-refractivity contribution is 7.93. The number of ether oxygens (including phenoxy) is 1. The van der Waals surface area contributed by atoms with Gasteiger partial charge in [0.1, 0.15) is 10.6 Å². The molecule has 0 radical (unpaired) electrons. The molecule has 0 aromatic carbocycles. The summed E-state index contributed by atoms with van der Waals surface area (Å²) in [5.74, 6) is 0.704. The highest BCUT2D eigenvalue weighted by Crippen LogP contribution is 2.57. The van der Waals surface area contributed by atoms with Gasteiger partial charge >= 0.3 is 0 Å². The van der Waals surface area contributed by atoms with E-state index in [9.17, 15) is 8.42 Å². The van der Waals surface area contributed by atoms with Crippen LogP contribution in [0.3, 0.4) is 0 Å². The normalized spacial score (nSPS) is 24.3. The zero-order chi connectivity index (χ0) is 15.4. The van der Waals surface area contributed by atoms with E-state index in [4.69, 9.17) is 16.3 Å². The molecule has 6 nitrogen and oxygen atoms in total. The summed E-state index contributed by atoms with van der Waals surface area (Å²) in [6.07, 6.45) is 2.84. The van der Waals surface area contributed by atoms with Crippen molar-refractivity contribution in [3.63, 3.8) is 0 Å². The standard InChI is InChI=1S/C14H18ClN3O3S/c15-13-16-11(9-12(17-13)18-5-7-21-8-6-18)14(3-4-14)22(19,20)10-1-2-10/h9-10H,1-8H2. The fourth-order valence-electron chi connectivity index (χ4n) is 3.09. The van der Waals surface area contributed by atoms with Gasteiger partial charge in [-0.1, -0.05) is 0 Å². The molecule has 1 aromatic heterocycles. The Morgan fingerprint density at radius 1 is 1.23 bits per heavy atom. The summed E-state index contributed by atoms with van der Waals surface area (Å²) >= 11 is 6.07. The Hall–Kier alpha value is -0.920. The number of sulfone groups is 1. The van der Waals surface area contributed by atoms with Crippen LogP contribution in [0.5, 0.6) is 0 Å². The first kappa shape index (κ1) is 14.7. The van der Waals surface area contributed by atoms with Crippen molar-refractivity contribution < 1.29 is 13.2 Å². The minimum atomic E-state index is -3.16. The number of rotatable bonds is 4. The molecule has 1 aliphatic heterocycles. The third-order valence-electron chi connectivity index (χ3n) is 4.70. The topological polar surface area (TPSA) is 72.4 Å². The van der Waals surface area contributed by atoms with Crippen molar-refractivity contribution in [1.29, 1.82) is 0 Å². The molecule has 8 heteroatoms. The van der Waals surface area contributed by atoms with Gasteiger partial charge in [0.15, 0.2) is 9.84 Å². The van der Waals surface area contributed by atoms with Crippen LogP contribution in [0.4, 0.5) is 5.82 Å². The second-order valence-electron chi connectivity index (χ2n) is 6.22. The molecule has 2 heterocycles. The van der Waals surface area contributed by atoms with Crippen molar-refractivity contribution in [3.05, 3.63) is 17.0 Å². The maximum absolute atomic E-state index is 12.7. The van der Waals surface area contributed by atoms with Crippen molar-refractivity contribution in [2.45, 2.75) is 35.7 Å². The van der Waals surface area contributed by atoms with Gasteiger partial charge in [-0.2, -0.15) is 0 Å². The molecule has 4 rings (SSSR count). The van der Waals surface area contributed by atoms with Crippen LogP contribution < -0.4 is 4.90 Å². The van der Waals surface area contributed by atoms with Gasteiger partial charge in [-0.05, 0) is 37.3 Å². The Bertz CT molecular complexity index is 695. The molecule has 0 unspecified atom stereocenters. The number of hydrogen-bond donors (Lipinski definition) is 0. The summed E-state index contributed by atoms with van der Waals surface area (Å²) in [4.78, 5) is 10.6. The Morgan fingerprint density at radius 2 is 1.91 bits per heavy atom. The number of aromatic nitrogens is 2. The highest BCUT2D eigenvalue weighted by atomic mass is 35.5. The molecular formula is C14H18ClN3O3S. The molecular weight excluding hydrogens is 326 g/mol. The number of morpholine rings is 1. The first-order valence-electron chi connectivity index (χ1n) is 7.64. The van der Waals surface area contributed by atoms with E-state index in [0.717, 1.165) is 25.9 Å². The molecule has 0 amide bonds. The number of nitrogens with zero attached hydrogens (tertiary/aromatic N) is 3. The van der Waals surface area contributed by atoms with E-state index < -0.39 is 14.6 Å². The van der Waals surface area contributed by atoms with Crippen LogP contribution in [-0.2, 0) is 19.3 Å². The number of halogens is 1. The number of anilines is 1. The van der Waals surface area contributed by atoms with Gasteiger partial charge in [0.25, 0.3) is 0 Å². The van der Waals surface area contributed by atoms with Gasteiger partial charge in [-0.25, -0.2) is 18.4 Å². The van der Waals surface area contributed by atoms with Crippen LogP contribution in [0, 0.1) is 0 Å². The molecule has 3 aliphatic rings. The van der Waals surface area contributed by atoms with Crippen molar-refractivity contribution in [3.8, 4) is 0 Å². The molecule has 0 N–H and O–H groups in total. The molecule has 120 valence electrons. The third kappa shape index (κ3) is 2.30. The summed E-state index contributed by atoms with van der Waals surface area (Å²) in [6.45, 7) is 2.75. The van der Waals surface area contributed by atoms with E-state index >= 15 is 0 Å². The smallest absolute Gasteiger partial charge is 0.224 e. The second-order valence-corrected chi connectivity index (χ2v) is 9.09. The molecule has 0 spiro atoms. The molecule has 0 bridgehead atoms. The molecule has 22 heavy (non-hydrogen) atoms. The van der Waals surface area contributed by atoms with Crippen LogP contribution in [0.25, 0.3) is 0 Å². The van der Waals surface area contributed by atoms with Gasteiger partial charge in [0.05, 0.1) is 24.2 Å². The van der Waals surface area contributed by atoms with Gasteiger partial charge < -0.3 is 9.64 Å². The maximum atomic E-state index is 12.7. The lowest BCUT2D eigenvalue weighted by Gasteiger charge is -2.28. The van der Waals surface area contributed by atoms with Crippen molar-refractivity contribution in [2.75, 3.05) is 31.2 Å². The summed E-state index contributed by atoms with van der Waals surface area (Å²) < 4.78 is 30.0. The molecule has 3 fully saturated rings. The van der Waals surface area contributed by atoms with Gasteiger partial charge in [-0.15, -0.1) is 0 Å². The number of hydrogen-bond acceptors (Lipinski definition) is 6. The molecule has 0 atom stereocenters. The Morgan fingerprint density at radius 3 is 2.50 bits per heavy atom. The summed E-state index contributed by atoms with van der Waals surface area (Å²) in [7, 11) is -3.16. The van der Waals surface area contributed by atoms with Gasteiger partial charge in [0.2, 0.25) is 5.28 Å². The van der Waals surface area contributed by atoms with Gasteiger partial charge in [-0.3, -0.25) is 0 Å². The fraction of sp³-hybridized carbons (Fsp3) is 0.714. The fourth-order valence-corrected chi connectivity index (χ4v) is 5.73. The van der Waals surface area contributed by atoms with E-state index in [-0.39, 0.29) is 10.5 Å². The van der Waals surface area contributed by atoms with E-state index in [1.54, 1.807) is 0 Å². The van der Waals surface area contributed by atoms with Crippen LogP contribution in [0.1, 0.15) is 31.4 Å². The summed E-state index contributed by atoms with van der Waals surface area (Å²) in [6, 6.07) is 1.81. The minimum absolute atomic E-state index is 0.122. The minimum Gasteiger partial charge on any atom is -0.378 e. The average molecular weight is 344 g/mol. The Kier molecular flexibility index (Phi) is 3.36. The first-order chi connectivity index (χ1) is 10.5. The monoisotopic (exact) mass is 343 g/mol. The molecule has 1 aromatic rings. The Labute approximate surface area is 134 Å². The van der Waals surface area contributed by atoms with E-state index in [1.165, 1.54) is 0 Å². The van der Waals surface area contributed by atoms with E-state index in [2.05, 4.69) is 14.9 Å². The largest absolute Gasteiger partial charge is 0.378 e. The second kappa shape index (κ2) is 5.04. The van der Waals surface area contributed by atoms with Crippen molar-refractivity contribution >= 4 is 27.3 Å². The zero-order valence-electron chi connectivity index (χ0n) is 12.2. The zero-order valence-corrected chi connectivity index (χ0v) is 13.7. The van der Waals surface area contributed by atoms with E-state index in [1.807, 2.05) is 6.07 Å². The lowest BCUT2D eigenvalue weighted by atomic mass is 10.2. The predicted molar refractivity (Wildman–Crippen MR) is 82.9 cm³/mol. The van der Waals surface area contributed by atoms with Crippen molar-refractivity contribution in [1.82, 2.24) is 9.97 Å². The summed E-state index contributed by atoms with van der Waals surface area (Å²) in [5.41, 5.74) is 0.570. The lowest BCUT2D eigenvalue weighted by Crippen LogP contribution is -2.37. The predicted octanol–water partition coefficient (Wildman–Crippen LogP) is 1.53. The van der Waals surface area contributed by atoms with Crippen LogP contribution in [0.15, 0.2) is 6.07 Å².